The van der Waals surface area contributed by atoms with E-state index < -0.39 is 18.6 Å². The summed E-state index contributed by atoms with van der Waals surface area (Å²) < 4.78 is 54.0. The van der Waals surface area contributed by atoms with Crippen molar-refractivity contribution in [3.63, 3.8) is 0 Å². The maximum Gasteiger partial charge on any atom is 0.401 e. The SMILES string of the molecule is CCOC(=O)[C@H]1CC[C@H](OC(C(=O)Cc2ccc(NC(=O)c3cn(C)c4ccccc34)c(Cl)c2)(N2CCCC2)N2CCN(CC(F)(F)F)CC2)CC1. The van der Waals surface area contributed by atoms with Crippen molar-refractivity contribution < 1.29 is 37.0 Å². The maximum atomic E-state index is 14.9. The number of alkyl halides is 3. The molecule has 3 heterocycles. The third-order valence-corrected chi connectivity index (χ3v) is 10.8. The van der Waals surface area contributed by atoms with Crippen LogP contribution >= 0.6 is 11.6 Å². The Balaban J connectivity index is 1.24. The van der Waals surface area contributed by atoms with Gasteiger partial charge in [0.05, 0.1) is 41.4 Å². The van der Waals surface area contributed by atoms with Crippen LogP contribution in [0.15, 0.2) is 48.7 Å². The van der Waals surface area contributed by atoms with Gasteiger partial charge in [0.2, 0.25) is 5.85 Å². The van der Waals surface area contributed by atoms with E-state index in [4.69, 9.17) is 21.1 Å². The second kappa shape index (κ2) is 16.3. The molecule has 2 aliphatic heterocycles. The Morgan fingerprint density at radius 3 is 2.25 bits per heavy atom. The minimum absolute atomic E-state index is 0.0469. The van der Waals surface area contributed by atoms with Gasteiger partial charge in [-0.15, -0.1) is 0 Å². The number of ketones is 1. The van der Waals surface area contributed by atoms with Crippen LogP contribution in [0.4, 0.5) is 18.9 Å². The average molecular weight is 746 g/mol. The van der Waals surface area contributed by atoms with Crippen LogP contribution in [0, 0.1) is 5.92 Å². The summed E-state index contributed by atoms with van der Waals surface area (Å²) in [6.45, 7) is 3.00. The molecule has 0 radical (unpaired) electrons. The minimum Gasteiger partial charge on any atom is -0.466 e. The summed E-state index contributed by atoms with van der Waals surface area (Å²) in [7, 11) is 1.88. The van der Waals surface area contributed by atoms with Crippen molar-refractivity contribution in [1.29, 1.82) is 0 Å². The van der Waals surface area contributed by atoms with E-state index in [1.54, 1.807) is 31.3 Å². The van der Waals surface area contributed by atoms with Gasteiger partial charge < -0.3 is 19.4 Å². The summed E-state index contributed by atoms with van der Waals surface area (Å²) in [5, 5.41) is 3.99. The summed E-state index contributed by atoms with van der Waals surface area (Å²) >= 11 is 6.73. The Kier molecular flexibility index (Phi) is 12.0. The highest BCUT2D eigenvalue weighted by Crippen LogP contribution is 2.37. The molecule has 1 saturated carbocycles. The van der Waals surface area contributed by atoms with Gasteiger partial charge in [0.25, 0.3) is 5.91 Å². The van der Waals surface area contributed by atoms with E-state index in [0.29, 0.717) is 62.2 Å². The second-order valence-corrected chi connectivity index (χ2v) is 14.5. The number of hydrogen-bond donors (Lipinski definition) is 1. The number of rotatable bonds is 12. The zero-order chi connectivity index (χ0) is 37.0. The lowest BCUT2D eigenvalue weighted by Gasteiger charge is -2.52. The van der Waals surface area contributed by atoms with E-state index in [1.165, 1.54) is 4.90 Å². The average Bonchev–Trinajstić information content (AvgIpc) is 3.77. The van der Waals surface area contributed by atoms with Crippen molar-refractivity contribution in [3.8, 4) is 0 Å². The van der Waals surface area contributed by atoms with E-state index in [9.17, 15) is 27.6 Å². The van der Waals surface area contributed by atoms with Gasteiger partial charge in [0.1, 0.15) is 0 Å². The van der Waals surface area contributed by atoms with Crippen molar-refractivity contribution in [2.75, 3.05) is 57.7 Å². The molecule has 3 fully saturated rings. The van der Waals surface area contributed by atoms with Gasteiger partial charge in [-0.3, -0.25) is 29.1 Å². The van der Waals surface area contributed by atoms with Crippen LogP contribution in [-0.4, -0.2) is 107 Å². The molecule has 2 saturated heterocycles. The number of nitrogens with one attached hydrogen (secondary N) is 1. The largest absolute Gasteiger partial charge is 0.466 e. The highest BCUT2D eigenvalue weighted by molar-refractivity contribution is 6.34. The lowest BCUT2D eigenvalue weighted by atomic mass is 9.87. The first-order valence-corrected chi connectivity index (χ1v) is 18.6. The molecule has 1 aromatic heterocycles. The number of anilines is 1. The van der Waals surface area contributed by atoms with Crippen LogP contribution < -0.4 is 5.32 Å². The Morgan fingerprint density at radius 2 is 1.60 bits per heavy atom. The van der Waals surface area contributed by atoms with Crippen molar-refractivity contribution >= 4 is 45.9 Å². The highest BCUT2D eigenvalue weighted by atomic mass is 35.5. The lowest BCUT2D eigenvalue weighted by molar-refractivity contribution is -0.262. The number of fused-ring (bicyclic) bond motifs is 1. The number of hydrogen-bond acceptors (Lipinski definition) is 8. The van der Waals surface area contributed by atoms with Crippen LogP contribution in [0.25, 0.3) is 10.9 Å². The summed E-state index contributed by atoms with van der Waals surface area (Å²) in [5.74, 6) is -2.50. The number of aromatic nitrogens is 1. The van der Waals surface area contributed by atoms with Crippen LogP contribution in [0.3, 0.4) is 0 Å². The predicted molar refractivity (Wildman–Crippen MR) is 192 cm³/mol. The van der Waals surface area contributed by atoms with E-state index in [-0.39, 0.29) is 67.3 Å². The van der Waals surface area contributed by atoms with E-state index in [0.717, 1.165) is 23.7 Å². The van der Waals surface area contributed by atoms with Gasteiger partial charge in [-0.25, -0.2) is 0 Å². The first kappa shape index (κ1) is 38.2. The molecule has 14 heteroatoms. The fourth-order valence-corrected chi connectivity index (χ4v) is 8.19. The number of halogens is 4. The predicted octanol–water partition coefficient (Wildman–Crippen LogP) is 6.26. The van der Waals surface area contributed by atoms with Crippen molar-refractivity contribution in [2.45, 2.75) is 70.0 Å². The Morgan fingerprint density at radius 1 is 0.923 bits per heavy atom. The van der Waals surface area contributed by atoms with Gasteiger partial charge >= 0.3 is 12.1 Å². The molecule has 2 aromatic carbocycles. The van der Waals surface area contributed by atoms with Gasteiger partial charge in [-0.1, -0.05) is 35.9 Å². The topological polar surface area (TPSA) is 96.3 Å². The summed E-state index contributed by atoms with van der Waals surface area (Å²) in [6, 6.07) is 12.7. The Labute approximate surface area is 307 Å². The number of nitrogens with zero attached hydrogens (tertiary/aromatic N) is 4. The molecule has 0 spiro atoms. The standard InChI is InChI=1S/C38H47ClF3N5O5/c1-3-51-36(50)27-11-13-28(14-12-27)52-38(46-16-6-7-17-46,47-20-18-45(19-21-47)25-37(40,41)42)34(48)23-26-10-15-32(31(39)22-26)43-35(49)30-24-44(2)33-9-5-4-8-29(30)33/h4-5,8-10,15,22,24,27-28H,3,6-7,11-14,16-21,23,25H2,1-2H3,(H,43,49)/t27-,28-,38?. The monoisotopic (exact) mass is 745 g/mol. The molecule has 3 aliphatic rings. The van der Waals surface area contributed by atoms with E-state index in [1.807, 2.05) is 45.7 Å². The van der Waals surface area contributed by atoms with E-state index >= 15 is 0 Å². The summed E-state index contributed by atoms with van der Waals surface area (Å²) in [5.41, 5.74) is 2.45. The normalized spacial score (nSPS) is 22.0. The summed E-state index contributed by atoms with van der Waals surface area (Å²) in [4.78, 5) is 46.0. The number of carbonyl (C=O) groups excluding carboxylic acids is 3. The van der Waals surface area contributed by atoms with E-state index in [2.05, 4.69) is 5.32 Å². The second-order valence-electron chi connectivity index (χ2n) is 14.1. The number of ether oxygens (including phenoxy) is 2. The molecule has 0 bridgehead atoms. The fourth-order valence-electron chi connectivity index (χ4n) is 7.94. The molecule has 1 amide bonds. The third-order valence-electron chi connectivity index (χ3n) is 10.5. The Hall–Kier alpha value is -3.49. The van der Waals surface area contributed by atoms with Gasteiger partial charge in [-0.05, 0) is 69.2 Å². The fraction of sp³-hybridized carbons (Fsp3) is 0.553. The number of esters is 1. The molecule has 1 atom stereocenters. The molecule has 282 valence electrons. The van der Waals surface area contributed by atoms with Gasteiger partial charge in [0, 0.05) is 69.8 Å². The lowest BCUT2D eigenvalue weighted by Crippen LogP contribution is -2.71. The molecule has 52 heavy (non-hydrogen) atoms. The van der Waals surface area contributed by atoms with Crippen LogP contribution in [0.5, 0.6) is 0 Å². The van der Waals surface area contributed by atoms with Crippen molar-refractivity contribution in [3.05, 3.63) is 64.8 Å². The van der Waals surface area contributed by atoms with Crippen molar-refractivity contribution in [2.24, 2.45) is 13.0 Å². The molecule has 1 unspecified atom stereocenters. The van der Waals surface area contributed by atoms with Crippen LogP contribution in [0.2, 0.25) is 5.02 Å². The minimum atomic E-state index is -4.32. The maximum absolute atomic E-state index is 14.9. The summed E-state index contributed by atoms with van der Waals surface area (Å²) in [6.07, 6.45) is 1.02. The van der Waals surface area contributed by atoms with Crippen LogP contribution in [-0.2, 0) is 32.5 Å². The van der Waals surface area contributed by atoms with Crippen LogP contribution in [0.1, 0.15) is 61.4 Å². The number of amides is 1. The zero-order valence-electron chi connectivity index (χ0n) is 29.7. The molecule has 6 rings (SSSR count). The molecular formula is C38H47ClF3N5O5. The number of benzene rings is 2. The molecular weight excluding hydrogens is 699 g/mol. The number of Topliss-reactive ketones (excluding diaryl/α,β-unsaturated/α-hetero) is 1. The first-order valence-electron chi connectivity index (χ1n) is 18.2. The quantitative estimate of drug-likeness (QED) is 0.217. The molecule has 10 nitrogen and oxygen atoms in total. The van der Waals surface area contributed by atoms with Gasteiger partial charge in [-0.2, -0.15) is 13.2 Å². The highest BCUT2D eigenvalue weighted by Gasteiger charge is 2.53. The molecule has 1 N–H and O–H groups in total. The molecule has 3 aromatic rings. The van der Waals surface area contributed by atoms with Crippen molar-refractivity contribution in [1.82, 2.24) is 19.3 Å². The number of likely N-dealkylation sites (tertiary alicyclic amines) is 1. The number of para-hydroxylation sites is 1. The molecule has 1 aliphatic carbocycles. The van der Waals surface area contributed by atoms with Gasteiger partial charge in [0.15, 0.2) is 5.78 Å². The third kappa shape index (κ3) is 8.49. The zero-order valence-corrected chi connectivity index (χ0v) is 30.5. The smallest absolute Gasteiger partial charge is 0.401 e. The number of carbonyl (C=O) groups is 3. The Bertz CT molecular complexity index is 1750. The first-order chi connectivity index (χ1) is 24.9. The number of piperazine rings is 1. The number of aryl methyl sites for hydroxylation is 1.